The molecule has 0 aliphatic rings. The number of carboxylic acids is 1. The Kier molecular flexibility index (Phi) is 5.80. The lowest BCUT2D eigenvalue weighted by molar-refractivity contribution is 0.0696. The molecule has 0 spiro atoms. The Morgan fingerprint density at radius 3 is 2.45 bits per heavy atom. The lowest BCUT2D eigenvalue weighted by Gasteiger charge is -2.07. The molecule has 4 rings (SSSR count). The van der Waals surface area contributed by atoms with E-state index in [2.05, 4.69) is 0 Å². The summed E-state index contributed by atoms with van der Waals surface area (Å²) in [5.41, 5.74) is 3.59. The monoisotopic (exact) mass is 412 g/mol. The van der Waals surface area contributed by atoms with Crippen LogP contribution in [0.5, 0.6) is 5.75 Å². The maximum Gasteiger partial charge on any atom is 0.336 e. The van der Waals surface area contributed by atoms with E-state index in [0.717, 1.165) is 33.9 Å². The summed E-state index contributed by atoms with van der Waals surface area (Å²) in [6, 6.07) is 22.6. The Balaban J connectivity index is 1.57. The summed E-state index contributed by atoms with van der Waals surface area (Å²) in [5, 5.41) is 21.4. The normalized spacial score (nSPS) is 11.3. The van der Waals surface area contributed by atoms with Gasteiger partial charge in [0.05, 0.1) is 5.56 Å². The van der Waals surface area contributed by atoms with E-state index in [-0.39, 0.29) is 17.1 Å². The van der Waals surface area contributed by atoms with E-state index in [1.807, 2.05) is 42.5 Å². The Morgan fingerprint density at radius 2 is 1.68 bits per heavy atom. The van der Waals surface area contributed by atoms with Crippen LogP contribution < -0.4 is 0 Å². The van der Waals surface area contributed by atoms with Gasteiger partial charge in [0, 0.05) is 0 Å². The summed E-state index contributed by atoms with van der Waals surface area (Å²) in [6.07, 6.45) is 5.25. The number of aromatic hydroxyl groups is 1. The molecule has 4 aromatic rings. The number of phenolic OH excluding ortho intramolecular Hbond substituents is 1. The molecule has 0 aliphatic carbocycles. The van der Waals surface area contributed by atoms with Crippen LogP contribution in [0.4, 0.5) is 4.39 Å². The SMILES string of the molecule is O=C(O)c1ccc(-c2ccc(F)cc2)cc1C=CCCc1cccc2ccc(O)cc12. The zero-order valence-corrected chi connectivity index (χ0v) is 16.8. The van der Waals surface area contributed by atoms with Crippen molar-refractivity contribution in [3.05, 3.63) is 107 Å². The number of aryl methyl sites for hydroxylation is 1. The third kappa shape index (κ3) is 4.64. The van der Waals surface area contributed by atoms with E-state index in [0.29, 0.717) is 12.0 Å². The molecule has 0 bridgehead atoms. The standard InChI is InChI=1S/C27H21FO3/c28-23-12-8-18(9-13-23)21-11-15-25(27(30)31)22(16-21)5-2-1-4-19-6-3-7-20-10-14-24(29)17-26(19)20/h2-3,5-17,29H,1,4H2,(H,30,31). The third-order valence-electron chi connectivity index (χ3n) is 5.29. The van der Waals surface area contributed by atoms with Crippen molar-refractivity contribution in [1.29, 1.82) is 0 Å². The molecule has 4 heteroatoms. The summed E-state index contributed by atoms with van der Waals surface area (Å²) in [7, 11) is 0. The van der Waals surface area contributed by atoms with Gasteiger partial charge in [-0.15, -0.1) is 0 Å². The molecule has 0 atom stereocenters. The van der Waals surface area contributed by atoms with Crippen molar-refractivity contribution >= 4 is 22.8 Å². The van der Waals surface area contributed by atoms with E-state index < -0.39 is 5.97 Å². The van der Waals surface area contributed by atoms with Gasteiger partial charge in [-0.05, 0) is 82.3 Å². The first kappa shape index (κ1) is 20.4. The van der Waals surface area contributed by atoms with Crippen LogP contribution in [0, 0.1) is 5.82 Å². The molecule has 4 aromatic carbocycles. The number of rotatable bonds is 6. The number of aromatic carboxylic acids is 1. The number of carbonyl (C=O) groups is 1. The highest BCUT2D eigenvalue weighted by Crippen LogP contribution is 2.26. The van der Waals surface area contributed by atoms with Gasteiger partial charge >= 0.3 is 5.97 Å². The number of phenols is 1. The fourth-order valence-electron chi connectivity index (χ4n) is 3.71. The summed E-state index contributed by atoms with van der Waals surface area (Å²) < 4.78 is 13.2. The van der Waals surface area contributed by atoms with Crippen LogP contribution in [-0.4, -0.2) is 16.2 Å². The summed E-state index contributed by atoms with van der Waals surface area (Å²) in [5.74, 6) is -1.07. The number of halogens is 1. The number of carboxylic acid groups (broad SMARTS) is 1. The van der Waals surface area contributed by atoms with E-state index in [1.165, 1.54) is 12.1 Å². The predicted octanol–water partition coefficient (Wildman–Crippen LogP) is 6.70. The van der Waals surface area contributed by atoms with E-state index in [4.69, 9.17) is 0 Å². The van der Waals surface area contributed by atoms with E-state index in [9.17, 15) is 19.4 Å². The van der Waals surface area contributed by atoms with Crippen LogP contribution in [0.1, 0.15) is 27.9 Å². The van der Waals surface area contributed by atoms with Gasteiger partial charge in [0.1, 0.15) is 11.6 Å². The molecule has 0 saturated carbocycles. The van der Waals surface area contributed by atoms with Crippen LogP contribution in [0.3, 0.4) is 0 Å². The lowest BCUT2D eigenvalue weighted by Crippen LogP contribution is -1.99. The molecule has 3 nitrogen and oxygen atoms in total. The van der Waals surface area contributed by atoms with E-state index >= 15 is 0 Å². The van der Waals surface area contributed by atoms with Crippen LogP contribution in [-0.2, 0) is 6.42 Å². The Labute approximate surface area is 179 Å². The van der Waals surface area contributed by atoms with E-state index in [1.54, 1.807) is 36.4 Å². The average molecular weight is 412 g/mol. The van der Waals surface area contributed by atoms with Crippen LogP contribution in [0.15, 0.2) is 84.9 Å². The molecule has 0 fully saturated rings. The average Bonchev–Trinajstić information content (AvgIpc) is 2.77. The maximum atomic E-state index is 13.2. The fraction of sp³-hybridized carbons (Fsp3) is 0.0741. The first-order valence-electron chi connectivity index (χ1n) is 10.0. The number of hydrogen-bond donors (Lipinski definition) is 2. The topological polar surface area (TPSA) is 57.5 Å². The molecule has 0 radical (unpaired) electrons. The summed E-state index contributed by atoms with van der Waals surface area (Å²) in [6.45, 7) is 0. The van der Waals surface area contributed by atoms with Crippen LogP contribution in [0.2, 0.25) is 0 Å². The molecule has 0 saturated heterocycles. The highest BCUT2D eigenvalue weighted by molar-refractivity contribution is 5.93. The molecule has 0 aromatic heterocycles. The molecule has 154 valence electrons. The Hall–Kier alpha value is -3.92. The van der Waals surface area contributed by atoms with Crippen molar-refractivity contribution in [2.24, 2.45) is 0 Å². The maximum absolute atomic E-state index is 13.2. The van der Waals surface area contributed by atoms with Crippen molar-refractivity contribution < 1.29 is 19.4 Å². The Morgan fingerprint density at radius 1 is 0.903 bits per heavy atom. The number of benzene rings is 4. The van der Waals surface area contributed by atoms with Crippen molar-refractivity contribution in [3.8, 4) is 16.9 Å². The van der Waals surface area contributed by atoms with Gasteiger partial charge in [0.2, 0.25) is 0 Å². The van der Waals surface area contributed by atoms with Gasteiger partial charge in [0.15, 0.2) is 0 Å². The molecular formula is C27H21FO3. The minimum absolute atomic E-state index is 0.220. The molecular weight excluding hydrogens is 391 g/mol. The van der Waals surface area contributed by atoms with Crippen molar-refractivity contribution in [3.63, 3.8) is 0 Å². The fourth-order valence-corrected chi connectivity index (χ4v) is 3.71. The second kappa shape index (κ2) is 8.84. The van der Waals surface area contributed by atoms with Crippen LogP contribution >= 0.6 is 0 Å². The van der Waals surface area contributed by atoms with Crippen molar-refractivity contribution in [2.45, 2.75) is 12.8 Å². The minimum Gasteiger partial charge on any atom is -0.508 e. The highest BCUT2D eigenvalue weighted by Gasteiger charge is 2.10. The summed E-state index contributed by atoms with van der Waals surface area (Å²) in [4.78, 5) is 11.6. The largest absolute Gasteiger partial charge is 0.508 e. The lowest BCUT2D eigenvalue weighted by atomic mass is 9.97. The molecule has 31 heavy (non-hydrogen) atoms. The van der Waals surface area contributed by atoms with Crippen molar-refractivity contribution in [1.82, 2.24) is 0 Å². The first-order valence-corrected chi connectivity index (χ1v) is 10.0. The molecule has 0 amide bonds. The van der Waals surface area contributed by atoms with Gasteiger partial charge in [-0.2, -0.15) is 0 Å². The van der Waals surface area contributed by atoms with Gasteiger partial charge in [-0.25, -0.2) is 9.18 Å². The smallest absolute Gasteiger partial charge is 0.336 e. The molecule has 0 unspecified atom stereocenters. The highest BCUT2D eigenvalue weighted by atomic mass is 19.1. The van der Waals surface area contributed by atoms with Crippen LogP contribution in [0.25, 0.3) is 28.0 Å². The second-order valence-corrected chi connectivity index (χ2v) is 7.38. The second-order valence-electron chi connectivity index (χ2n) is 7.38. The van der Waals surface area contributed by atoms with Gasteiger partial charge in [-0.1, -0.05) is 54.6 Å². The number of allylic oxidation sites excluding steroid dienone is 1. The van der Waals surface area contributed by atoms with Gasteiger partial charge in [0.25, 0.3) is 0 Å². The molecule has 2 N–H and O–H groups in total. The molecule has 0 heterocycles. The third-order valence-corrected chi connectivity index (χ3v) is 5.29. The zero-order valence-electron chi connectivity index (χ0n) is 16.8. The predicted molar refractivity (Wildman–Crippen MR) is 122 cm³/mol. The minimum atomic E-state index is -0.991. The van der Waals surface area contributed by atoms with Gasteiger partial charge in [-0.3, -0.25) is 0 Å². The van der Waals surface area contributed by atoms with Gasteiger partial charge < -0.3 is 10.2 Å². The zero-order chi connectivity index (χ0) is 21.8. The van der Waals surface area contributed by atoms with Crippen molar-refractivity contribution in [2.75, 3.05) is 0 Å². The quantitative estimate of drug-likeness (QED) is 0.371. The summed E-state index contributed by atoms with van der Waals surface area (Å²) >= 11 is 0. The number of fused-ring (bicyclic) bond motifs is 1. The molecule has 0 aliphatic heterocycles. The number of hydrogen-bond acceptors (Lipinski definition) is 2. The Bertz CT molecular complexity index is 1270. The first-order chi connectivity index (χ1) is 15.0.